The van der Waals surface area contributed by atoms with Crippen LogP contribution in [0.25, 0.3) is 0 Å². The van der Waals surface area contributed by atoms with Crippen LogP contribution in [0.15, 0.2) is 29.2 Å². The molecular formula is C18H21NO3S2. The summed E-state index contributed by atoms with van der Waals surface area (Å²) < 4.78 is 5.11. The number of carbonyl (C=O) groups is 2. The lowest BCUT2D eigenvalue weighted by atomic mass is 10.1. The van der Waals surface area contributed by atoms with Crippen molar-refractivity contribution in [2.45, 2.75) is 32.6 Å². The monoisotopic (exact) mass is 363 g/mol. The lowest BCUT2D eigenvalue weighted by molar-refractivity contribution is 0.0527. The Balaban J connectivity index is 2.22. The van der Waals surface area contributed by atoms with Gasteiger partial charge in [-0.1, -0.05) is 6.92 Å². The highest BCUT2D eigenvalue weighted by molar-refractivity contribution is 7.99. The van der Waals surface area contributed by atoms with Crippen LogP contribution in [-0.4, -0.2) is 24.2 Å². The number of carbonyl (C=O) groups excluding carboxylic acids is 2. The molecule has 0 aliphatic carbocycles. The van der Waals surface area contributed by atoms with Crippen LogP contribution in [0.2, 0.25) is 0 Å². The molecule has 6 heteroatoms. The molecule has 1 amide bonds. The van der Waals surface area contributed by atoms with Crippen molar-refractivity contribution in [3.05, 3.63) is 45.8 Å². The van der Waals surface area contributed by atoms with E-state index >= 15 is 0 Å². The predicted molar refractivity (Wildman–Crippen MR) is 101 cm³/mol. The molecule has 0 atom stereocenters. The predicted octanol–water partition coefficient (Wildman–Crippen LogP) is 4.91. The van der Waals surface area contributed by atoms with Crippen molar-refractivity contribution in [2.24, 2.45) is 0 Å². The first kappa shape index (κ1) is 18.5. The normalized spacial score (nSPS) is 10.5. The van der Waals surface area contributed by atoms with E-state index in [-0.39, 0.29) is 5.91 Å². The lowest BCUT2D eigenvalue weighted by Gasteiger charge is -2.07. The van der Waals surface area contributed by atoms with Crippen molar-refractivity contribution in [1.82, 2.24) is 0 Å². The molecule has 2 rings (SSSR count). The van der Waals surface area contributed by atoms with Crippen molar-refractivity contribution in [2.75, 3.05) is 17.7 Å². The van der Waals surface area contributed by atoms with Gasteiger partial charge in [0.2, 0.25) is 0 Å². The van der Waals surface area contributed by atoms with Crippen LogP contribution in [0.4, 0.5) is 5.00 Å². The summed E-state index contributed by atoms with van der Waals surface area (Å²) in [4.78, 5) is 26.8. The van der Waals surface area contributed by atoms with E-state index in [0.717, 1.165) is 21.1 Å². The van der Waals surface area contributed by atoms with Gasteiger partial charge < -0.3 is 10.1 Å². The zero-order valence-electron chi connectivity index (χ0n) is 14.3. The van der Waals surface area contributed by atoms with E-state index in [4.69, 9.17) is 4.74 Å². The first-order chi connectivity index (χ1) is 11.5. The first-order valence-corrected chi connectivity index (χ1v) is 9.59. The Bertz CT molecular complexity index is 735. The van der Waals surface area contributed by atoms with Gasteiger partial charge in [-0.2, -0.15) is 0 Å². The standard InChI is InChI=1S/C18H21NO3S2/c1-5-22-18(21)15-11(3)12(4)24-17(15)19-16(20)13-7-9-14(10-8-13)23-6-2/h7-10H,5-6H2,1-4H3,(H,19,20). The number of nitrogens with one attached hydrogen (secondary N) is 1. The summed E-state index contributed by atoms with van der Waals surface area (Å²) in [5.74, 6) is 0.363. The first-order valence-electron chi connectivity index (χ1n) is 7.79. The number of benzene rings is 1. The van der Waals surface area contributed by atoms with Crippen LogP contribution in [0.3, 0.4) is 0 Å². The number of hydrogen-bond donors (Lipinski definition) is 1. The molecule has 1 N–H and O–H groups in total. The minimum Gasteiger partial charge on any atom is -0.462 e. The summed E-state index contributed by atoms with van der Waals surface area (Å²) >= 11 is 3.12. The SMILES string of the molecule is CCOC(=O)c1c(NC(=O)c2ccc(SCC)cc2)sc(C)c1C. The smallest absolute Gasteiger partial charge is 0.341 e. The molecule has 24 heavy (non-hydrogen) atoms. The largest absolute Gasteiger partial charge is 0.462 e. The molecule has 1 heterocycles. The molecule has 0 aliphatic rings. The molecule has 0 spiro atoms. The van der Waals surface area contributed by atoms with E-state index in [1.165, 1.54) is 11.3 Å². The van der Waals surface area contributed by atoms with Gasteiger partial charge in [0.1, 0.15) is 5.00 Å². The van der Waals surface area contributed by atoms with E-state index in [1.807, 2.05) is 26.0 Å². The van der Waals surface area contributed by atoms with Gasteiger partial charge in [-0.05, 0) is 56.4 Å². The van der Waals surface area contributed by atoms with Crippen LogP contribution in [-0.2, 0) is 4.74 Å². The van der Waals surface area contributed by atoms with Crippen molar-refractivity contribution in [1.29, 1.82) is 0 Å². The van der Waals surface area contributed by atoms with Gasteiger partial charge in [-0.15, -0.1) is 23.1 Å². The van der Waals surface area contributed by atoms with E-state index in [0.29, 0.717) is 22.7 Å². The number of hydrogen-bond acceptors (Lipinski definition) is 5. The van der Waals surface area contributed by atoms with Gasteiger partial charge in [-0.3, -0.25) is 4.79 Å². The summed E-state index contributed by atoms with van der Waals surface area (Å²) in [7, 11) is 0. The second-order valence-electron chi connectivity index (χ2n) is 5.12. The average molecular weight is 364 g/mol. The zero-order valence-corrected chi connectivity index (χ0v) is 15.9. The number of aryl methyl sites for hydroxylation is 1. The number of anilines is 1. The molecule has 0 saturated heterocycles. The van der Waals surface area contributed by atoms with Gasteiger partial charge in [0, 0.05) is 15.3 Å². The maximum Gasteiger partial charge on any atom is 0.341 e. The lowest BCUT2D eigenvalue weighted by Crippen LogP contribution is -2.14. The van der Waals surface area contributed by atoms with Gasteiger partial charge >= 0.3 is 5.97 Å². The van der Waals surface area contributed by atoms with E-state index < -0.39 is 5.97 Å². The summed E-state index contributed by atoms with van der Waals surface area (Å²) in [6, 6.07) is 7.45. The molecule has 0 saturated carbocycles. The van der Waals surface area contributed by atoms with E-state index in [2.05, 4.69) is 12.2 Å². The molecule has 128 valence electrons. The Morgan fingerprint density at radius 1 is 1.17 bits per heavy atom. The van der Waals surface area contributed by atoms with Crippen molar-refractivity contribution >= 4 is 40.0 Å². The third kappa shape index (κ3) is 4.19. The van der Waals surface area contributed by atoms with Gasteiger partial charge in [0.05, 0.1) is 12.2 Å². The number of amides is 1. The minimum atomic E-state index is -0.399. The Morgan fingerprint density at radius 3 is 2.42 bits per heavy atom. The summed E-state index contributed by atoms with van der Waals surface area (Å²) in [5.41, 5.74) is 1.86. The van der Waals surface area contributed by atoms with Crippen molar-refractivity contribution in [3.8, 4) is 0 Å². The minimum absolute atomic E-state index is 0.227. The van der Waals surface area contributed by atoms with Gasteiger partial charge in [-0.25, -0.2) is 4.79 Å². The van der Waals surface area contributed by atoms with Crippen LogP contribution >= 0.6 is 23.1 Å². The second kappa shape index (κ2) is 8.35. The highest BCUT2D eigenvalue weighted by Crippen LogP contribution is 2.33. The maximum atomic E-state index is 12.5. The summed E-state index contributed by atoms with van der Waals surface area (Å²) in [5, 5.41) is 3.39. The Labute approximate surface area is 150 Å². The fourth-order valence-electron chi connectivity index (χ4n) is 2.21. The highest BCUT2D eigenvalue weighted by Gasteiger charge is 2.22. The number of esters is 1. The van der Waals surface area contributed by atoms with Crippen molar-refractivity contribution < 1.29 is 14.3 Å². The Hall–Kier alpha value is -1.79. The molecule has 0 unspecified atom stereocenters. The fraction of sp³-hybridized carbons (Fsp3) is 0.333. The van der Waals surface area contributed by atoms with E-state index in [9.17, 15) is 9.59 Å². The van der Waals surface area contributed by atoms with Gasteiger partial charge in [0.15, 0.2) is 0 Å². The van der Waals surface area contributed by atoms with E-state index in [1.54, 1.807) is 30.8 Å². The number of thiophene rings is 1. The maximum absolute atomic E-state index is 12.5. The van der Waals surface area contributed by atoms with Crippen LogP contribution in [0, 0.1) is 13.8 Å². The summed E-state index contributed by atoms with van der Waals surface area (Å²) in [6.07, 6.45) is 0. The molecule has 0 bridgehead atoms. The number of ether oxygens (including phenoxy) is 1. The number of thioether (sulfide) groups is 1. The molecule has 4 nitrogen and oxygen atoms in total. The Kier molecular flexibility index (Phi) is 6.45. The molecule has 0 fully saturated rings. The highest BCUT2D eigenvalue weighted by atomic mass is 32.2. The summed E-state index contributed by atoms with van der Waals surface area (Å²) in [6.45, 7) is 7.95. The Morgan fingerprint density at radius 2 is 1.83 bits per heavy atom. The molecule has 2 aromatic rings. The number of rotatable bonds is 6. The fourth-order valence-corrected chi connectivity index (χ4v) is 3.91. The quantitative estimate of drug-likeness (QED) is 0.585. The van der Waals surface area contributed by atoms with Crippen LogP contribution in [0.5, 0.6) is 0 Å². The van der Waals surface area contributed by atoms with Crippen LogP contribution in [0.1, 0.15) is 45.0 Å². The molecule has 1 aromatic heterocycles. The third-order valence-electron chi connectivity index (χ3n) is 3.52. The van der Waals surface area contributed by atoms with Gasteiger partial charge in [0.25, 0.3) is 5.91 Å². The third-order valence-corrected chi connectivity index (χ3v) is 5.54. The topological polar surface area (TPSA) is 55.4 Å². The van der Waals surface area contributed by atoms with Crippen molar-refractivity contribution in [3.63, 3.8) is 0 Å². The van der Waals surface area contributed by atoms with Crippen LogP contribution < -0.4 is 5.32 Å². The molecule has 0 aliphatic heterocycles. The molecule has 0 radical (unpaired) electrons. The molecule has 1 aromatic carbocycles. The zero-order chi connectivity index (χ0) is 17.7. The second-order valence-corrected chi connectivity index (χ2v) is 7.68. The molecular weight excluding hydrogens is 342 g/mol. The average Bonchev–Trinajstić information content (AvgIpc) is 2.83.